The van der Waals surface area contributed by atoms with Crippen LogP contribution in [0.1, 0.15) is 33.1 Å². The molecule has 0 aromatic carbocycles. The zero-order valence-electron chi connectivity index (χ0n) is 10.3. The average molecular weight is 255 g/mol. The Morgan fingerprint density at radius 1 is 1.47 bits per heavy atom. The van der Waals surface area contributed by atoms with Crippen LogP contribution in [-0.2, 0) is 4.79 Å². The second-order valence-corrected chi connectivity index (χ2v) is 7.00. The Morgan fingerprint density at radius 2 is 2.18 bits per heavy atom. The molecular formula is C14H19ClO2. The standard InChI is InChI=1S/C14H19ClO2/c1-8-10-5-9(16)3-4-14(10)6-11(12(8)15)13(2,17)7-14/h3-4,8,10-12,17H,5-7H2,1-2H3/t8?,10?,11?,12-,13?,14?/m1/s1. The van der Waals surface area contributed by atoms with Crippen molar-refractivity contribution in [1.29, 1.82) is 0 Å². The van der Waals surface area contributed by atoms with Crippen LogP contribution in [0.2, 0.25) is 0 Å². The quantitative estimate of drug-likeness (QED) is 0.675. The number of fused-ring (bicyclic) bond motifs is 1. The maximum atomic E-state index is 11.6. The molecule has 2 nitrogen and oxygen atoms in total. The third-order valence-corrected chi connectivity index (χ3v) is 6.07. The molecule has 17 heavy (non-hydrogen) atoms. The smallest absolute Gasteiger partial charge is 0.155 e. The highest BCUT2D eigenvalue weighted by Crippen LogP contribution is 2.64. The van der Waals surface area contributed by atoms with Gasteiger partial charge < -0.3 is 5.11 Å². The van der Waals surface area contributed by atoms with Crippen molar-refractivity contribution in [2.24, 2.45) is 23.2 Å². The molecule has 1 spiro atoms. The van der Waals surface area contributed by atoms with Crippen molar-refractivity contribution < 1.29 is 9.90 Å². The van der Waals surface area contributed by atoms with Crippen molar-refractivity contribution in [3.8, 4) is 0 Å². The number of carbonyl (C=O) groups excluding carboxylic acids is 1. The molecule has 6 atom stereocenters. The molecule has 0 heterocycles. The van der Waals surface area contributed by atoms with E-state index in [0.717, 1.165) is 12.8 Å². The zero-order valence-corrected chi connectivity index (χ0v) is 11.1. The lowest BCUT2D eigenvalue weighted by atomic mass is 9.59. The van der Waals surface area contributed by atoms with Gasteiger partial charge in [0.1, 0.15) is 0 Å². The molecule has 0 aromatic rings. The second-order valence-electron chi connectivity index (χ2n) is 6.49. The average Bonchev–Trinajstić information content (AvgIpc) is 2.49. The van der Waals surface area contributed by atoms with Gasteiger partial charge >= 0.3 is 0 Å². The summed E-state index contributed by atoms with van der Waals surface area (Å²) in [4.78, 5) is 11.6. The second kappa shape index (κ2) is 3.36. The molecule has 2 bridgehead atoms. The topological polar surface area (TPSA) is 37.3 Å². The van der Waals surface area contributed by atoms with E-state index < -0.39 is 5.60 Å². The first-order valence-corrected chi connectivity index (χ1v) is 6.88. The van der Waals surface area contributed by atoms with Crippen molar-refractivity contribution in [3.05, 3.63) is 12.2 Å². The third kappa shape index (κ3) is 1.47. The molecule has 3 aliphatic carbocycles. The first-order chi connectivity index (χ1) is 7.86. The maximum Gasteiger partial charge on any atom is 0.155 e. The van der Waals surface area contributed by atoms with Gasteiger partial charge in [-0.2, -0.15) is 0 Å². The molecular weight excluding hydrogens is 236 g/mol. The summed E-state index contributed by atoms with van der Waals surface area (Å²) >= 11 is 6.51. The van der Waals surface area contributed by atoms with Crippen molar-refractivity contribution in [2.45, 2.75) is 44.1 Å². The van der Waals surface area contributed by atoms with Gasteiger partial charge in [-0.05, 0) is 43.1 Å². The van der Waals surface area contributed by atoms with E-state index in [1.807, 2.05) is 6.92 Å². The molecule has 2 fully saturated rings. The van der Waals surface area contributed by atoms with Crippen LogP contribution in [0.3, 0.4) is 0 Å². The molecule has 0 aliphatic heterocycles. The minimum absolute atomic E-state index is 0.00933. The van der Waals surface area contributed by atoms with Crippen molar-refractivity contribution in [1.82, 2.24) is 0 Å². The third-order valence-electron chi connectivity index (χ3n) is 5.37. The number of alkyl halides is 1. The van der Waals surface area contributed by atoms with Crippen LogP contribution >= 0.6 is 11.6 Å². The first-order valence-electron chi connectivity index (χ1n) is 6.44. The van der Waals surface area contributed by atoms with Gasteiger partial charge in [-0.1, -0.05) is 13.0 Å². The highest BCUT2D eigenvalue weighted by molar-refractivity contribution is 6.21. The number of halogens is 1. The number of ketones is 1. The monoisotopic (exact) mass is 254 g/mol. The number of hydrogen-bond acceptors (Lipinski definition) is 2. The molecule has 5 unspecified atom stereocenters. The van der Waals surface area contributed by atoms with Crippen LogP contribution in [0, 0.1) is 23.2 Å². The minimum Gasteiger partial charge on any atom is -0.390 e. The molecule has 1 N–H and O–H groups in total. The number of hydrogen-bond donors (Lipinski definition) is 1. The molecule has 0 radical (unpaired) electrons. The Bertz CT molecular complexity index is 401. The lowest BCUT2D eigenvalue weighted by molar-refractivity contribution is -0.118. The Hall–Kier alpha value is -0.340. The predicted octanol–water partition coefficient (Wildman–Crippen LogP) is 2.54. The Kier molecular flexibility index (Phi) is 2.32. The molecule has 0 saturated heterocycles. The molecule has 2 saturated carbocycles. The lowest BCUT2D eigenvalue weighted by Crippen LogP contribution is -2.45. The summed E-state index contributed by atoms with van der Waals surface area (Å²) < 4.78 is 0. The Labute approximate surface area is 107 Å². The van der Waals surface area contributed by atoms with Gasteiger partial charge in [0, 0.05) is 17.7 Å². The molecule has 94 valence electrons. The summed E-state index contributed by atoms with van der Waals surface area (Å²) in [7, 11) is 0. The summed E-state index contributed by atoms with van der Waals surface area (Å²) in [5.74, 6) is 0.987. The largest absolute Gasteiger partial charge is 0.390 e. The van der Waals surface area contributed by atoms with Gasteiger partial charge in [-0.15, -0.1) is 11.6 Å². The van der Waals surface area contributed by atoms with E-state index in [-0.39, 0.29) is 22.5 Å². The Morgan fingerprint density at radius 3 is 2.88 bits per heavy atom. The van der Waals surface area contributed by atoms with Crippen LogP contribution in [-0.4, -0.2) is 21.9 Å². The van der Waals surface area contributed by atoms with Crippen LogP contribution < -0.4 is 0 Å². The van der Waals surface area contributed by atoms with Gasteiger partial charge in [0.15, 0.2) is 5.78 Å². The van der Waals surface area contributed by atoms with Gasteiger partial charge in [-0.25, -0.2) is 0 Å². The van der Waals surface area contributed by atoms with Crippen LogP contribution in [0.4, 0.5) is 0 Å². The SMILES string of the molecule is CC1C2CC(=O)C=CC23CC([C@@H]1Cl)C(C)(O)C3. The van der Waals surface area contributed by atoms with E-state index in [9.17, 15) is 9.90 Å². The minimum atomic E-state index is -0.680. The van der Waals surface area contributed by atoms with E-state index in [0.29, 0.717) is 18.3 Å². The van der Waals surface area contributed by atoms with Crippen LogP contribution in [0.25, 0.3) is 0 Å². The van der Waals surface area contributed by atoms with Gasteiger partial charge in [0.25, 0.3) is 0 Å². The van der Waals surface area contributed by atoms with E-state index in [1.54, 1.807) is 6.08 Å². The van der Waals surface area contributed by atoms with Crippen LogP contribution in [0.15, 0.2) is 12.2 Å². The van der Waals surface area contributed by atoms with Crippen LogP contribution in [0.5, 0.6) is 0 Å². The molecule has 0 aromatic heterocycles. The normalized spacial score (nSPS) is 57.1. The number of allylic oxidation sites excluding steroid dienone is 2. The van der Waals surface area contributed by atoms with Gasteiger partial charge in [-0.3, -0.25) is 4.79 Å². The predicted molar refractivity (Wildman–Crippen MR) is 66.8 cm³/mol. The van der Waals surface area contributed by atoms with Gasteiger partial charge in [0.05, 0.1) is 5.60 Å². The van der Waals surface area contributed by atoms with Gasteiger partial charge in [0.2, 0.25) is 0 Å². The number of carbonyl (C=O) groups is 1. The zero-order chi connectivity index (χ0) is 12.4. The summed E-state index contributed by atoms with van der Waals surface area (Å²) in [6.45, 7) is 4.04. The fraction of sp³-hybridized carbons (Fsp3) is 0.786. The van der Waals surface area contributed by atoms with Crippen molar-refractivity contribution in [3.63, 3.8) is 0 Å². The van der Waals surface area contributed by atoms with E-state index in [4.69, 9.17) is 11.6 Å². The molecule has 3 aliphatic rings. The summed E-state index contributed by atoms with van der Waals surface area (Å²) in [6, 6.07) is 0. The first kappa shape index (κ1) is 11.7. The van der Waals surface area contributed by atoms with E-state index in [1.165, 1.54) is 0 Å². The summed E-state index contributed by atoms with van der Waals surface area (Å²) in [6.07, 6.45) is 6.08. The Balaban J connectivity index is 2.08. The number of aliphatic hydroxyl groups is 1. The van der Waals surface area contributed by atoms with Crippen molar-refractivity contribution in [2.75, 3.05) is 0 Å². The lowest BCUT2D eigenvalue weighted by Gasteiger charge is -2.46. The fourth-order valence-corrected chi connectivity index (χ4v) is 5.07. The van der Waals surface area contributed by atoms with Crippen molar-refractivity contribution >= 4 is 17.4 Å². The molecule has 3 heteroatoms. The molecule has 3 rings (SSSR count). The summed E-state index contributed by atoms with van der Waals surface area (Å²) in [5, 5.41) is 10.5. The summed E-state index contributed by atoms with van der Waals surface area (Å²) in [5.41, 5.74) is -0.660. The van der Waals surface area contributed by atoms with E-state index in [2.05, 4.69) is 13.0 Å². The highest BCUT2D eigenvalue weighted by Gasteiger charge is 2.62. The number of rotatable bonds is 0. The van der Waals surface area contributed by atoms with E-state index >= 15 is 0 Å². The highest BCUT2D eigenvalue weighted by atomic mass is 35.5. The maximum absolute atomic E-state index is 11.6. The molecule has 0 amide bonds. The fourth-order valence-electron chi connectivity index (χ4n) is 4.53.